The zero-order chi connectivity index (χ0) is 24.4. The summed E-state index contributed by atoms with van der Waals surface area (Å²) in [6, 6.07) is 31.5. The highest BCUT2D eigenvalue weighted by Gasteiger charge is 2.31. The third-order valence-electron chi connectivity index (χ3n) is 6.36. The number of hydrogen-bond acceptors (Lipinski definition) is 3. The van der Waals surface area contributed by atoms with Crippen LogP contribution in [0.15, 0.2) is 91.0 Å². The van der Waals surface area contributed by atoms with Gasteiger partial charge in [-0.3, -0.25) is 0 Å². The van der Waals surface area contributed by atoms with Gasteiger partial charge in [0.1, 0.15) is 11.4 Å². The van der Waals surface area contributed by atoms with Gasteiger partial charge in [0.05, 0.1) is 17.9 Å². The fourth-order valence-corrected chi connectivity index (χ4v) is 4.73. The van der Waals surface area contributed by atoms with Gasteiger partial charge in [-0.1, -0.05) is 119 Å². The van der Waals surface area contributed by atoms with Crippen molar-refractivity contribution in [3.63, 3.8) is 0 Å². The molecule has 0 saturated carbocycles. The minimum absolute atomic E-state index is 0.241. The summed E-state index contributed by atoms with van der Waals surface area (Å²) in [5, 5.41) is 5.16. The van der Waals surface area contributed by atoms with E-state index in [9.17, 15) is 0 Å². The Kier molecular flexibility index (Phi) is 6.37. The van der Waals surface area contributed by atoms with Crippen LogP contribution in [0, 0.1) is 0 Å². The van der Waals surface area contributed by atoms with Crippen LogP contribution in [-0.2, 0) is 6.54 Å². The summed E-state index contributed by atoms with van der Waals surface area (Å²) in [4.78, 5) is 7.26. The number of rotatable bonds is 7. The summed E-state index contributed by atoms with van der Waals surface area (Å²) in [6.45, 7) is 9.59. The summed E-state index contributed by atoms with van der Waals surface area (Å²) in [6.07, 6.45) is 0. The first-order valence-electron chi connectivity index (χ1n) is 12.4. The van der Waals surface area contributed by atoms with Gasteiger partial charge < -0.3 is 5.43 Å². The molecular weight excluding hydrogens is 428 g/mol. The van der Waals surface area contributed by atoms with Crippen molar-refractivity contribution in [1.29, 1.82) is 0 Å². The van der Waals surface area contributed by atoms with Crippen molar-refractivity contribution in [3.05, 3.63) is 108 Å². The van der Waals surface area contributed by atoms with E-state index in [0.717, 1.165) is 28.3 Å². The molecule has 0 amide bonds. The molecule has 176 valence electrons. The molecule has 0 bridgehead atoms. The molecule has 2 aliphatic rings. The fourth-order valence-electron chi connectivity index (χ4n) is 4.73. The molecule has 2 heterocycles. The SMILES string of the molecule is CC(C)c1nc2c(-c3ccccc3)nn(NCc3ccccc3)c(C(C)C)c-2c1-c1ccccc1. The predicted octanol–water partition coefficient (Wildman–Crippen LogP) is 7.71. The van der Waals surface area contributed by atoms with Crippen molar-refractivity contribution >= 4 is 0 Å². The Labute approximate surface area is 208 Å². The van der Waals surface area contributed by atoms with E-state index in [4.69, 9.17) is 10.1 Å². The van der Waals surface area contributed by atoms with E-state index >= 15 is 0 Å². The first kappa shape index (κ1) is 22.9. The van der Waals surface area contributed by atoms with Gasteiger partial charge in [0.2, 0.25) is 0 Å². The van der Waals surface area contributed by atoms with Crippen LogP contribution in [0.25, 0.3) is 33.6 Å². The summed E-state index contributed by atoms with van der Waals surface area (Å²) in [5.41, 5.74) is 13.6. The lowest BCUT2D eigenvalue weighted by Gasteiger charge is -2.23. The van der Waals surface area contributed by atoms with Crippen molar-refractivity contribution in [2.45, 2.75) is 46.1 Å². The lowest BCUT2D eigenvalue weighted by molar-refractivity contribution is 0.633. The van der Waals surface area contributed by atoms with E-state index < -0.39 is 0 Å². The second kappa shape index (κ2) is 9.75. The maximum absolute atomic E-state index is 5.26. The Morgan fingerprint density at radius 2 is 1.23 bits per heavy atom. The molecule has 0 saturated heterocycles. The first-order chi connectivity index (χ1) is 17.0. The maximum atomic E-state index is 5.26. The van der Waals surface area contributed by atoms with E-state index in [1.165, 1.54) is 22.3 Å². The highest BCUT2D eigenvalue weighted by atomic mass is 15.6. The third-order valence-corrected chi connectivity index (χ3v) is 6.36. The lowest BCUT2D eigenvalue weighted by Crippen LogP contribution is -2.24. The van der Waals surface area contributed by atoms with Crippen molar-refractivity contribution in [2.24, 2.45) is 0 Å². The molecule has 35 heavy (non-hydrogen) atoms. The van der Waals surface area contributed by atoms with Gasteiger partial charge >= 0.3 is 0 Å². The second-order valence-electron chi connectivity index (χ2n) is 9.60. The monoisotopic (exact) mass is 460 g/mol. The molecule has 3 aromatic rings. The van der Waals surface area contributed by atoms with Crippen molar-refractivity contribution in [2.75, 3.05) is 5.43 Å². The summed E-state index contributed by atoms with van der Waals surface area (Å²) >= 11 is 0. The molecule has 0 unspecified atom stereocenters. The van der Waals surface area contributed by atoms with E-state index in [1.54, 1.807) is 0 Å². The van der Waals surface area contributed by atoms with Gasteiger partial charge in [0.25, 0.3) is 0 Å². The minimum atomic E-state index is 0.241. The first-order valence-corrected chi connectivity index (χ1v) is 12.4. The van der Waals surface area contributed by atoms with Crippen LogP contribution in [0.1, 0.15) is 56.5 Å². The number of hydrogen-bond donors (Lipinski definition) is 1. The normalized spacial score (nSPS) is 11.5. The van der Waals surface area contributed by atoms with E-state index in [1.807, 2.05) is 16.9 Å². The average Bonchev–Trinajstić information content (AvgIpc) is 3.29. The highest BCUT2D eigenvalue weighted by Crippen LogP contribution is 2.46. The van der Waals surface area contributed by atoms with Crippen molar-refractivity contribution in [1.82, 2.24) is 14.9 Å². The summed E-state index contributed by atoms with van der Waals surface area (Å²) < 4.78 is 0. The Balaban J connectivity index is 1.81. The number of fused-ring (bicyclic) bond motifs is 1. The quantitative estimate of drug-likeness (QED) is 0.270. The topological polar surface area (TPSA) is 42.7 Å². The molecule has 0 aromatic heterocycles. The lowest BCUT2D eigenvalue weighted by atomic mass is 9.90. The van der Waals surface area contributed by atoms with E-state index in [2.05, 4.69) is 112 Å². The van der Waals surface area contributed by atoms with Gasteiger partial charge in [-0.2, -0.15) is 9.89 Å². The smallest absolute Gasteiger partial charge is 0.119 e. The van der Waals surface area contributed by atoms with Crippen LogP contribution in [0.3, 0.4) is 0 Å². The Morgan fingerprint density at radius 3 is 1.80 bits per heavy atom. The fraction of sp³-hybridized carbons (Fsp3) is 0.226. The van der Waals surface area contributed by atoms with Crippen LogP contribution < -0.4 is 5.43 Å². The standard InChI is InChI=1S/C31H32N4/c1-21(2)28-26(24-16-10-6-11-17-24)27-30(33-28)29(25-18-12-7-13-19-25)34-35(31(27)22(3)4)32-20-23-14-8-5-9-15-23/h5-19,21-22,32H,20H2,1-4H3. The second-order valence-corrected chi connectivity index (χ2v) is 9.60. The minimum Gasteiger partial charge on any atom is -0.305 e. The molecule has 3 aromatic carbocycles. The molecule has 0 fully saturated rings. The highest BCUT2D eigenvalue weighted by molar-refractivity contribution is 5.93. The van der Waals surface area contributed by atoms with Gasteiger partial charge in [-0.25, -0.2) is 4.98 Å². The average molecular weight is 461 g/mol. The number of nitrogens with one attached hydrogen (secondary N) is 1. The van der Waals surface area contributed by atoms with Crippen LogP contribution in [0.2, 0.25) is 0 Å². The predicted molar refractivity (Wildman–Crippen MR) is 145 cm³/mol. The van der Waals surface area contributed by atoms with E-state index in [0.29, 0.717) is 6.54 Å². The Bertz CT molecular complexity index is 1370. The van der Waals surface area contributed by atoms with Crippen molar-refractivity contribution in [3.8, 4) is 33.6 Å². The van der Waals surface area contributed by atoms with Crippen LogP contribution >= 0.6 is 0 Å². The van der Waals surface area contributed by atoms with Crippen LogP contribution in [-0.4, -0.2) is 14.9 Å². The van der Waals surface area contributed by atoms with Crippen LogP contribution in [0.4, 0.5) is 0 Å². The number of nitrogens with zero attached hydrogens (tertiary/aromatic N) is 3. The largest absolute Gasteiger partial charge is 0.305 e. The van der Waals surface area contributed by atoms with Gasteiger partial charge in [0, 0.05) is 16.7 Å². The zero-order valence-corrected chi connectivity index (χ0v) is 20.9. The van der Waals surface area contributed by atoms with E-state index in [-0.39, 0.29) is 11.8 Å². The molecule has 4 nitrogen and oxygen atoms in total. The molecule has 0 radical (unpaired) electrons. The molecule has 5 rings (SSSR count). The summed E-state index contributed by atoms with van der Waals surface area (Å²) in [7, 11) is 0. The van der Waals surface area contributed by atoms with Gasteiger partial charge in [-0.15, -0.1) is 0 Å². The Morgan fingerprint density at radius 1 is 0.657 bits per heavy atom. The molecule has 0 spiro atoms. The molecule has 2 aliphatic heterocycles. The summed E-state index contributed by atoms with van der Waals surface area (Å²) in [5.74, 6) is 0.525. The molecule has 1 N–H and O–H groups in total. The van der Waals surface area contributed by atoms with Crippen molar-refractivity contribution < 1.29 is 0 Å². The molecule has 0 atom stereocenters. The molecule has 0 aliphatic carbocycles. The van der Waals surface area contributed by atoms with Crippen LogP contribution in [0.5, 0.6) is 0 Å². The third kappa shape index (κ3) is 4.44. The van der Waals surface area contributed by atoms with Gasteiger partial charge in [-0.05, 0) is 23.0 Å². The zero-order valence-electron chi connectivity index (χ0n) is 20.9. The molecular formula is C31H32N4. The maximum Gasteiger partial charge on any atom is 0.119 e. The Hall–Kier alpha value is -3.92. The van der Waals surface area contributed by atoms with Gasteiger partial charge in [0.15, 0.2) is 0 Å². The number of aromatic nitrogens is 3. The number of benzene rings is 3. The molecule has 4 heteroatoms.